The van der Waals surface area contributed by atoms with Gasteiger partial charge >= 0.3 is 0 Å². The van der Waals surface area contributed by atoms with Crippen LogP contribution in [0.3, 0.4) is 0 Å². The van der Waals surface area contributed by atoms with Crippen molar-refractivity contribution in [2.45, 2.75) is 50.5 Å². The highest BCUT2D eigenvalue weighted by atomic mass is 32.2. The predicted octanol–water partition coefficient (Wildman–Crippen LogP) is 1.68. The Hall–Kier alpha value is -2.13. The molecule has 2 atom stereocenters. The fourth-order valence-corrected chi connectivity index (χ4v) is 4.68. The van der Waals surface area contributed by atoms with Gasteiger partial charge in [-0.05, 0) is 43.0 Å². The number of carbonyl (C=O) groups is 1. The van der Waals surface area contributed by atoms with Gasteiger partial charge in [0.1, 0.15) is 0 Å². The van der Waals surface area contributed by atoms with Gasteiger partial charge in [-0.2, -0.15) is 0 Å². The van der Waals surface area contributed by atoms with Gasteiger partial charge in [0.15, 0.2) is 0 Å². The maximum Gasteiger partial charge on any atom is 0.264 e. The Morgan fingerprint density at radius 2 is 1.93 bits per heavy atom. The van der Waals surface area contributed by atoms with Crippen LogP contribution in [0.1, 0.15) is 39.5 Å². The highest BCUT2D eigenvalue weighted by Gasteiger charge is 2.29. The van der Waals surface area contributed by atoms with E-state index in [0.29, 0.717) is 31.0 Å². The molecule has 1 fully saturated rings. The fraction of sp³-hybridized carbons (Fsp3) is 0.556. The molecule has 27 heavy (non-hydrogen) atoms. The molecule has 0 saturated heterocycles. The average molecular weight is 394 g/mol. The van der Waals surface area contributed by atoms with E-state index in [1.54, 1.807) is 12.1 Å². The van der Waals surface area contributed by atoms with Crippen LogP contribution in [0.2, 0.25) is 0 Å². The highest BCUT2D eigenvalue weighted by Crippen LogP contribution is 2.28. The summed E-state index contributed by atoms with van der Waals surface area (Å²) in [5.74, 6) is 0.693. The summed E-state index contributed by atoms with van der Waals surface area (Å²) in [5, 5.41) is 5.69. The van der Waals surface area contributed by atoms with Crippen LogP contribution >= 0.6 is 0 Å². The number of sulfonamides is 1. The summed E-state index contributed by atoms with van der Waals surface area (Å²) in [6.45, 7) is 4.74. The SMILES string of the molecule is CC(=O)Nc1ccc(S(=O)(=O)NC2=NCN([C@H]3CCCC[C@@H]3C)CN2)cc1. The van der Waals surface area contributed by atoms with Gasteiger partial charge in [-0.1, -0.05) is 19.8 Å². The predicted molar refractivity (Wildman–Crippen MR) is 105 cm³/mol. The van der Waals surface area contributed by atoms with Gasteiger partial charge < -0.3 is 10.6 Å². The van der Waals surface area contributed by atoms with Crippen LogP contribution in [0.25, 0.3) is 0 Å². The minimum atomic E-state index is -3.73. The molecule has 3 rings (SSSR count). The van der Waals surface area contributed by atoms with E-state index in [2.05, 4.69) is 32.2 Å². The summed E-state index contributed by atoms with van der Waals surface area (Å²) in [7, 11) is -3.73. The number of nitrogens with zero attached hydrogens (tertiary/aromatic N) is 2. The van der Waals surface area contributed by atoms with Gasteiger partial charge in [0.25, 0.3) is 10.0 Å². The van der Waals surface area contributed by atoms with Crippen molar-refractivity contribution in [2.75, 3.05) is 18.7 Å². The number of aliphatic imine (C=N–C) groups is 1. The number of benzene rings is 1. The molecule has 148 valence electrons. The Balaban J connectivity index is 1.62. The van der Waals surface area contributed by atoms with Crippen molar-refractivity contribution in [3.05, 3.63) is 24.3 Å². The number of rotatable bonds is 4. The summed E-state index contributed by atoms with van der Waals surface area (Å²) in [6, 6.07) is 6.51. The molecule has 3 N–H and O–H groups in total. The zero-order chi connectivity index (χ0) is 19.4. The van der Waals surface area contributed by atoms with E-state index in [9.17, 15) is 13.2 Å². The normalized spacial score (nSPS) is 23.9. The van der Waals surface area contributed by atoms with Crippen molar-refractivity contribution >= 4 is 27.6 Å². The minimum Gasteiger partial charge on any atom is -0.343 e. The molecule has 1 aromatic carbocycles. The second-order valence-corrected chi connectivity index (χ2v) is 8.89. The second kappa shape index (κ2) is 8.26. The van der Waals surface area contributed by atoms with Crippen LogP contribution in [0.4, 0.5) is 5.69 Å². The summed E-state index contributed by atoms with van der Waals surface area (Å²) in [5.41, 5.74) is 0.548. The number of guanidine groups is 1. The Morgan fingerprint density at radius 3 is 2.52 bits per heavy atom. The molecule has 9 heteroatoms. The van der Waals surface area contributed by atoms with Crippen LogP contribution in [0, 0.1) is 5.92 Å². The molecule has 8 nitrogen and oxygen atoms in total. The molecule has 2 aliphatic rings. The lowest BCUT2D eigenvalue weighted by molar-refractivity contribution is -0.114. The van der Waals surface area contributed by atoms with E-state index in [4.69, 9.17) is 0 Å². The van der Waals surface area contributed by atoms with Crippen molar-refractivity contribution in [3.8, 4) is 0 Å². The molecule has 0 spiro atoms. The molecule has 1 saturated carbocycles. The van der Waals surface area contributed by atoms with Crippen molar-refractivity contribution in [1.82, 2.24) is 14.9 Å². The first-order chi connectivity index (χ1) is 12.8. The third-order valence-electron chi connectivity index (χ3n) is 5.11. The van der Waals surface area contributed by atoms with Crippen molar-refractivity contribution in [2.24, 2.45) is 10.9 Å². The first-order valence-electron chi connectivity index (χ1n) is 9.28. The zero-order valence-corrected chi connectivity index (χ0v) is 16.6. The number of carbonyl (C=O) groups excluding carboxylic acids is 1. The quantitative estimate of drug-likeness (QED) is 0.722. The first-order valence-corrected chi connectivity index (χ1v) is 10.8. The average Bonchev–Trinajstić information content (AvgIpc) is 2.63. The molecule has 1 amide bonds. The van der Waals surface area contributed by atoms with E-state index >= 15 is 0 Å². The van der Waals surface area contributed by atoms with E-state index < -0.39 is 10.0 Å². The van der Waals surface area contributed by atoms with Crippen molar-refractivity contribution < 1.29 is 13.2 Å². The molecule has 0 bridgehead atoms. The molecule has 0 unspecified atom stereocenters. The third-order valence-corrected chi connectivity index (χ3v) is 6.47. The molecule has 1 aliphatic carbocycles. The van der Waals surface area contributed by atoms with Crippen LogP contribution in [0.5, 0.6) is 0 Å². The van der Waals surface area contributed by atoms with Crippen LogP contribution in [0.15, 0.2) is 34.2 Å². The van der Waals surface area contributed by atoms with Gasteiger partial charge in [-0.25, -0.2) is 18.1 Å². The maximum absolute atomic E-state index is 12.5. The summed E-state index contributed by atoms with van der Waals surface area (Å²) in [6.07, 6.45) is 4.93. The van der Waals surface area contributed by atoms with Gasteiger partial charge in [0, 0.05) is 18.7 Å². The number of hydrogen-bond donors (Lipinski definition) is 3. The van der Waals surface area contributed by atoms with E-state index in [-0.39, 0.29) is 16.8 Å². The van der Waals surface area contributed by atoms with Crippen LogP contribution < -0.4 is 15.4 Å². The van der Waals surface area contributed by atoms with E-state index in [1.165, 1.54) is 44.7 Å². The lowest BCUT2D eigenvalue weighted by atomic mass is 9.85. The number of hydrogen-bond acceptors (Lipinski definition) is 6. The van der Waals surface area contributed by atoms with Gasteiger partial charge in [0.2, 0.25) is 11.9 Å². The Bertz CT molecular complexity index is 807. The van der Waals surface area contributed by atoms with Gasteiger partial charge in [0.05, 0.1) is 18.2 Å². The second-order valence-electron chi connectivity index (χ2n) is 7.21. The number of amides is 1. The topological polar surface area (TPSA) is 103 Å². The first kappa shape index (κ1) is 19.6. The van der Waals surface area contributed by atoms with Crippen molar-refractivity contribution in [1.29, 1.82) is 0 Å². The van der Waals surface area contributed by atoms with Gasteiger partial charge in [-0.3, -0.25) is 9.69 Å². The summed E-state index contributed by atoms with van der Waals surface area (Å²) < 4.78 is 27.6. The monoisotopic (exact) mass is 393 g/mol. The molecular formula is C18H27N5O3S. The summed E-state index contributed by atoms with van der Waals surface area (Å²) >= 11 is 0. The fourth-order valence-electron chi connectivity index (χ4n) is 3.68. The molecular weight excluding hydrogens is 366 g/mol. The largest absolute Gasteiger partial charge is 0.343 e. The zero-order valence-electron chi connectivity index (χ0n) is 15.7. The number of nitrogens with one attached hydrogen (secondary N) is 3. The Kier molecular flexibility index (Phi) is 6.01. The smallest absolute Gasteiger partial charge is 0.264 e. The molecule has 0 aromatic heterocycles. The van der Waals surface area contributed by atoms with Gasteiger partial charge in [-0.15, -0.1) is 0 Å². The molecule has 1 heterocycles. The maximum atomic E-state index is 12.5. The molecule has 0 radical (unpaired) electrons. The van der Waals surface area contributed by atoms with Crippen LogP contribution in [-0.2, 0) is 14.8 Å². The number of anilines is 1. The highest BCUT2D eigenvalue weighted by molar-refractivity contribution is 7.90. The standard InChI is InChI=1S/C18H27N5O3S/c1-13-5-3-4-6-17(13)23-11-19-18(20-12-23)22-27(25,26)16-9-7-15(8-10-16)21-14(2)24/h7-10,13,17H,3-6,11-12H2,1-2H3,(H,21,24)(H2,19,20,22)/t13-,17-/m0/s1. The van der Waals surface area contributed by atoms with E-state index in [1.807, 2.05) is 0 Å². The van der Waals surface area contributed by atoms with E-state index in [0.717, 1.165) is 0 Å². The third kappa shape index (κ3) is 4.98. The molecule has 1 aliphatic heterocycles. The van der Waals surface area contributed by atoms with Crippen molar-refractivity contribution in [3.63, 3.8) is 0 Å². The Morgan fingerprint density at radius 1 is 1.22 bits per heavy atom. The molecule has 1 aromatic rings. The lowest BCUT2D eigenvalue weighted by Crippen LogP contribution is -2.54. The Labute approximate surface area is 160 Å². The minimum absolute atomic E-state index is 0.115. The van der Waals surface area contributed by atoms with Crippen LogP contribution in [-0.4, -0.2) is 44.6 Å². The summed E-state index contributed by atoms with van der Waals surface area (Å²) in [4.78, 5) is 17.8. The lowest BCUT2D eigenvalue weighted by Gasteiger charge is -2.39.